The maximum Gasteiger partial charge on any atom is 0.180 e. The molecular formula is C12H16N2OS2. The van der Waals surface area contributed by atoms with E-state index in [2.05, 4.69) is 11.9 Å². The standard InChI is InChI=1S/C12H16N2OS2/c1-7-5-9(12(13)14-6-7)10(15)11-8(2)16-3-4-17-11/h5-6,8,11H,3-4H2,1-2H3,(H2,13,14). The number of hydrogen-bond donors (Lipinski definition) is 1. The number of thioether (sulfide) groups is 2. The molecular weight excluding hydrogens is 252 g/mol. The first-order valence-electron chi connectivity index (χ1n) is 5.59. The molecule has 5 heteroatoms. The molecule has 2 rings (SSSR count). The van der Waals surface area contributed by atoms with Crippen molar-refractivity contribution in [2.24, 2.45) is 0 Å². The lowest BCUT2D eigenvalue weighted by atomic mass is 10.1. The van der Waals surface area contributed by atoms with Crippen LogP contribution in [0.4, 0.5) is 5.82 Å². The molecule has 2 unspecified atom stereocenters. The third-order valence-corrected chi connectivity index (χ3v) is 5.86. The second kappa shape index (κ2) is 5.31. The number of carbonyl (C=O) groups is 1. The minimum absolute atomic E-state index is 0.0136. The Hall–Kier alpha value is -0.680. The van der Waals surface area contributed by atoms with Crippen LogP contribution in [0.5, 0.6) is 0 Å². The summed E-state index contributed by atoms with van der Waals surface area (Å²) in [4.78, 5) is 16.5. The molecule has 1 aromatic rings. The lowest BCUT2D eigenvalue weighted by Gasteiger charge is -2.26. The van der Waals surface area contributed by atoms with Crippen LogP contribution in [-0.2, 0) is 0 Å². The van der Waals surface area contributed by atoms with Gasteiger partial charge in [-0.2, -0.15) is 11.8 Å². The molecule has 1 aromatic heterocycles. The van der Waals surface area contributed by atoms with Crippen molar-refractivity contribution in [3.05, 3.63) is 23.4 Å². The van der Waals surface area contributed by atoms with E-state index in [1.165, 1.54) is 0 Å². The van der Waals surface area contributed by atoms with E-state index in [9.17, 15) is 4.79 Å². The van der Waals surface area contributed by atoms with Crippen molar-refractivity contribution < 1.29 is 4.79 Å². The molecule has 2 atom stereocenters. The zero-order valence-electron chi connectivity index (χ0n) is 9.97. The van der Waals surface area contributed by atoms with Crippen LogP contribution in [0.2, 0.25) is 0 Å². The van der Waals surface area contributed by atoms with E-state index >= 15 is 0 Å². The normalized spacial score (nSPS) is 24.6. The Kier molecular flexibility index (Phi) is 3.99. The Morgan fingerprint density at radius 2 is 2.18 bits per heavy atom. The average Bonchev–Trinajstić information content (AvgIpc) is 2.32. The summed E-state index contributed by atoms with van der Waals surface area (Å²) in [5.41, 5.74) is 7.35. The fraction of sp³-hybridized carbons (Fsp3) is 0.500. The quantitative estimate of drug-likeness (QED) is 0.835. The second-order valence-electron chi connectivity index (χ2n) is 4.18. The first-order valence-corrected chi connectivity index (χ1v) is 7.69. The molecule has 0 bridgehead atoms. The molecule has 17 heavy (non-hydrogen) atoms. The van der Waals surface area contributed by atoms with E-state index in [1.54, 1.807) is 18.0 Å². The van der Waals surface area contributed by atoms with Gasteiger partial charge in [-0.15, -0.1) is 11.8 Å². The average molecular weight is 268 g/mol. The maximum absolute atomic E-state index is 12.4. The highest BCUT2D eigenvalue weighted by atomic mass is 32.2. The SMILES string of the molecule is Cc1cnc(N)c(C(=O)C2SCCSC2C)c1. The van der Waals surface area contributed by atoms with E-state index in [0.717, 1.165) is 17.1 Å². The van der Waals surface area contributed by atoms with Gasteiger partial charge in [0.1, 0.15) is 5.82 Å². The van der Waals surface area contributed by atoms with Crippen LogP contribution in [0.25, 0.3) is 0 Å². The summed E-state index contributed by atoms with van der Waals surface area (Å²) < 4.78 is 0. The lowest BCUT2D eigenvalue weighted by molar-refractivity contribution is 0.0990. The number of nitrogens with two attached hydrogens (primary N) is 1. The monoisotopic (exact) mass is 268 g/mol. The molecule has 1 fully saturated rings. The predicted molar refractivity (Wildman–Crippen MR) is 75.9 cm³/mol. The van der Waals surface area contributed by atoms with Crippen molar-refractivity contribution in [1.29, 1.82) is 0 Å². The maximum atomic E-state index is 12.4. The van der Waals surface area contributed by atoms with E-state index in [0.29, 0.717) is 16.6 Å². The van der Waals surface area contributed by atoms with E-state index < -0.39 is 0 Å². The summed E-state index contributed by atoms with van der Waals surface area (Å²) in [5.74, 6) is 2.63. The second-order valence-corrected chi connectivity index (χ2v) is 6.91. The summed E-state index contributed by atoms with van der Waals surface area (Å²) in [6, 6.07) is 1.84. The van der Waals surface area contributed by atoms with Gasteiger partial charge < -0.3 is 5.73 Å². The van der Waals surface area contributed by atoms with Crippen molar-refractivity contribution in [2.75, 3.05) is 17.2 Å². The molecule has 0 aromatic carbocycles. The molecule has 0 aliphatic carbocycles. The van der Waals surface area contributed by atoms with Gasteiger partial charge in [-0.05, 0) is 18.6 Å². The van der Waals surface area contributed by atoms with Crippen molar-refractivity contribution in [1.82, 2.24) is 4.98 Å². The highest BCUT2D eigenvalue weighted by Crippen LogP contribution is 2.33. The Balaban J connectivity index is 2.26. The fourth-order valence-corrected chi connectivity index (χ4v) is 4.57. The summed E-state index contributed by atoms with van der Waals surface area (Å²) in [6.45, 7) is 4.04. The van der Waals surface area contributed by atoms with Gasteiger partial charge in [0.25, 0.3) is 0 Å². The number of hydrogen-bond acceptors (Lipinski definition) is 5. The number of nitrogens with zero attached hydrogens (tertiary/aromatic N) is 1. The summed E-state index contributed by atoms with van der Waals surface area (Å²) in [5, 5.41) is 0.362. The highest BCUT2D eigenvalue weighted by Gasteiger charge is 2.30. The summed E-state index contributed by atoms with van der Waals surface area (Å²) in [7, 11) is 0. The number of nitrogen functional groups attached to an aromatic ring is 1. The van der Waals surface area contributed by atoms with Crippen LogP contribution in [0.15, 0.2) is 12.3 Å². The molecule has 0 amide bonds. The third-order valence-electron chi connectivity index (χ3n) is 2.77. The van der Waals surface area contributed by atoms with Gasteiger partial charge in [0.2, 0.25) is 0 Å². The van der Waals surface area contributed by atoms with Crippen LogP contribution in [0, 0.1) is 6.92 Å². The lowest BCUT2D eigenvalue weighted by Crippen LogP contribution is -2.31. The first-order chi connectivity index (χ1) is 8.09. The Morgan fingerprint density at radius 1 is 1.47 bits per heavy atom. The van der Waals surface area contributed by atoms with E-state index in [4.69, 9.17) is 5.73 Å². The molecule has 0 radical (unpaired) electrons. The Labute approximate surface area is 110 Å². The number of aryl methyl sites for hydroxylation is 1. The number of rotatable bonds is 2. The largest absolute Gasteiger partial charge is 0.383 e. The van der Waals surface area contributed by atoms with Crippen molar-refractivity contribution in [3.63, 3.8) is 0 Å². The summed E-state index contributed by atoms with van der Waals surface area (Å²) >= 11 is 3.59. The van der Waals surface area contributed by atoms with Gasteiger partial charge in [-0.25, -0.2) is 4.98 Å². The minimum Gasteiger partial charge on any atom is -0.383 e. The van der Waals surface area contributed by atoms with Crippen molar-refractivity contribution >= 4 is 35.1 Å². The molecule has 0 spiro atoms. The van der Waals surface area contributed by atoms with Crippen LogP contribution in [0.3, 0.4) is 0 Å². The highest BCUT2D eigenvalue weighted by molar-refractivity contribution is 8.07. The molecule has 1 aliphatic heterocycles. The zero-order valence-corrected chi connectivity index (χ0v) is 11.6. The molecule has 1 aliphatic rings. The zero-order chi connectivity index (χ0) is 12.4. The van der Waals surface area contributed by atoms with Crippen LogP contribution < -0.4 is 5.73 Å². The van der Waals surface area contributed by atoms with Crippen molar-refractivity contribution in [2.45, 2.75) is 24.3 Å². The van der Waals surface area contributed by atoms with Gasteiger partial charge in [0.05, 0.1) is 10.8 Å². The van der Waals surface area contributed by atoms with E-state index in [1.807, 2.05) is 24.8 Å². The number of ketones is 1. The number of carbonyl (C=O) groups excluding carboxylic acids is 1. The molecule has 1 saturated heterocycles. The summed E-state index contributed by atoms with van der Waals surface area (Å²) in [6.07, 6.45) is 1.69. The Bertz CT molecular complexity index is 437. The van der Waals surface area contributed by atoms with Crippen LogP contribution in [0.1, 0.15) is 22.8 Å². The van der Waals surface area contributed by atoms with Gasteiger partial charge in [-0.1, -0.05) is 6.92 Å². The molecule has 0 saturated carbocycles. The molecule has 3 nitrogen and oxygen atoms in total. The van der Waals surface area contributed by atoms with Crippen molar-refractivity contribution in [3.8, 4) is 0 Å². The first kappa shape index (κ1) is 12.8. The predicted octanol–water partition coefficient (Wildman–Crippen LogP) is 2.39. The van der Waals surface area contributed by atoms with Gasteiger partial charge in [-0.3, -0.25) is 4.79 Å². The third kappa shape index (κ3) is 2.77. The fourth-order valence-electron chi connectivity index (χ4n) is 1.85. The number of anilines is 1. The molecule has 92 valence electrons. The Morgan fingerprint density at radius 3 is 2.88 bits per heavy atom. The van der Waals surface area contributed by atoms with E-state index in [-0.39, 0.29) is 11.0 Å². The van der Waals surface area contributed by atoms with Gasteiger partial charge in [0, 0.05) is 23.0 Å². The molecule has 2 N–H and O–H groups in total. The number of Topliss-reactive ketones (excluding diaryl/α,β-unsaturated/α-hetero) is 1. The van der Waals surface area contributed by atoms with Crippen LogP contribution >= 0.6 is 23.5 Å². The number of aromatic nitrogens is 1. The topological polar surface area (TPSA) is 56.0 Å². The van der Waals surface area contributed by atoms with Gasteiger partial charge in [0.15, 0.2) is 5.78 Å². The van der Waals surface area contributed by atoms with Gasteiger partial charge >= 0.3 is 0 Å². The van der Waals surface area contributed by atoms with Crippen LogP contribution in [-0.4, -0.2) is 32.8 Å². The minimum atomic E-state index is 0.0136. The smallest absolute Gasteiger partial charge is 0.180 e. The molecule has 2 heterocycles. The number of pyridine rings is 1.